The van der Waals surface area contributed by atoms with Crippen molar-refractivity contribution >= 4 is 12.1 Å². The number of nitrogens with one attached hydrogen (secondary N) is 1. The highest BCUT2D eigenvalue weighted by molar-refractivity contribution is 5.71. The summed E-state index contributed by atoms with van der Waals surface area (Å²) in [5.74, 6) is -0.463. The molecule has 2 heterocycles. The first-order valence-corrected chi connectivity index (χ1v) is 5.35. The van der Waals surface area contributed by atoms with Crippen molar-refractivity contribution in [1.82, 2.24) is 5.32 Å². The number of alkyl carbamates (subject to hydrolysis) is 1. The summed E-state index contributed by atoms with van der Waals surface area (Å²) in [6, 6.07) is -0.444. The molecule has 17 heavy (non-hydrogen) atoms. The monoisotopic (exact) mass is 245 g/mol. The van der Waals surface area contributed by atoms with Gasteiger partial charge in [0.25, 0.3) is 0 Å². The van der Waals surface area contributed by atoms with Crippen molar-refractivity contribution < 1.29 is 28.5 Å². The van der Waals surface area contributed by atoms with Crippen LogP contribution in [0.1, 0.15) is 13.8 Å². The van der Waals surface area contributed by atoms with Crippen molar-refractivity contribution in [2.24, 2.45) is 0 Å². The van der Waals surface area contributed by atoms with Gasteiger partial charge in [-0.1, -0.05) is 0 Å². The molecule has 0 aromatic rings. The Morgan fingerprint density at radius 2 is 2.18 bits per heavy atom. The molecule has 0 aromatic heterocycles. The van der Waals surface area contributed by atoms with Crippen molar-refractivity contribution in [2.75, 3.05) is 7.11 Å². The standard InChI is InChI=1S/C10H15NO6/c1-4-7-6(11-10(13)17-7)8(16-5(2)12)9(14-3)15-4/h4,6-9H,1-3H3,(H,11,13)/t4-,6-,7-,8-,9+/m0/s1. The lowest BCUT2D eigenvalue weighted by Crippen LogP contribution is -2.60. The van der Waals surface area contributed by atoms with Gasteiger partial charge in [0.1, 0.15) is 6.04 Å². The predicted octanol–water partition coefficient (Wildman–Crippen LogP) is -0.214. The first-order chi connectivity index (χ1) is 8.02. The average molecular weight is 245 g/mol. The average Bonchev–Trinajstić information content (AvgIpc) is 2.64. The number of carbonyl (C=O) groups is 2. The van der Waals surface area contributed by atoms with Gasteiger partial charge >= 0.3 is 12.1 Å². The maximum Gasteiger partial charge on any atom is 0.408 e. The molecule has 0 aromatic carbocycles. The van der Waals surface area contributed by atoms with Crippen LogP contribution in [0.3, 0.4) is 0 Å². The quantitative estimate of drug-likeness (QED) is 0.677. The fraction of sp³-hybridized carbons (Fsp3) is 0.800. The number of fused-ring (bicyclic) bond motifs is 1. The van der Waals surface area contributed by atoms with Crippen LogP contribution in [0, 0.1) is 0 Å². The highest BCUT2D eigenvalue weighted by Crippen LogP contribution is 2.29. The molecule has 0 bridgehead atoms. The summed E-state index contributed by atoms with van der Waals surface area (Å²) >= 11 is 0. The number of methoxy groups -OCH3 is 1. The molecule has 2 rings (SSSR count). The van der Waals surface area contributed by atoms with Gasteiger partial charge in [0.15, 0.2) is 18.5 Å². The second-order valence-electron chi connectivity index (χ2n) is 4.06. The fourth-order valence-corrected chi connectivity index (χ4v) is 2.15. The Morgan fingerprint density at radius 3 is 2.76 bits per heavy atom. The van der Waals surface area contributed by atoms with Gasteiger partial charge in [0.2, 0.25) is 0 Å². The Labute approximate surface area is 98.3 Å². The second kappa shape index (κ2) is 4.50. The molecule has 2 aliphatic rings. The van der Waals surface area contributed by atoms with Crippen LogP contribution in [0.25, 0.3) is 0 Å². The van der Waals surface area contributed by atoms with E-state index < -0.39 is 36.6 Å². The van der Waals surface area contributed by atoms with Crippen LogP contribution in [-0.4, -0.2) is 49.8 Å². The summed E-state index contributed by atoms with van der Waals surface area (Å²) in [7, 11) is 1.45. The van der Waals surface area contributed by atoms with E-state index in [1.165, 1.54) is 14.0 Å². The van der Waals surface area contributed by atoms with Crippen molar-refractivity contribution in [1.29, 1.82) is 0 Å². The van der Waals surface area contributed by atoms with Gasteiger partial charge in [0, 0.05) is 14.0 Å². The molecule has 5 atom stereocenters. The molecule has 1 N–H and O–H groups in total. The molecule has 2 aliphatic heterocycles. The van der Waals surface area contributed by atoms with E-state index >= 15 is 0 Å². The lowest BCUT2D eigenvalue weighted by Gasteiger charge is -2.39. The molecule has 1 amide bonds. The number of rotatable bonds is 2. The zero-order valence-corrected chi connectivity index (χ0v) is 9.84. The zero-order valence-electron chi connectivity index (χ0n) is 9.84. The largest absolute Gasteiger partial charge is 0.455 e. The van der Waals surface area contributed by atoms with Crippen LogP contribution in [0.2, 0.25) is 0 Å². The molecule has 2 saturated heterocycles. The third kappa shape index (κ3) is 2.20. The molecular formula is C10H15NO6. The van der Waals surface area contributed by atoms with Crippen molar-refractivity contribution in [3.63, 3.8) is 0 Å². The second-order valence-corrected chi connectivity index (χ2v) is 4.06. The summed E-state index contributed by atoms with van der Waals surface area (Å²) in [6.45, 7) is 3.06. The van der Waals surface area contributed by atoms with E-state index in [0.717, 1.165) is 0 Å². The summed E-state index contributed by atoms with van der Waals surface area (Å²) in [6.07, 6.45) is -2.75. The Hall–Kier alpha value is -1.34. The zero-order chi connectivity index (χ0) is 12.6. The van der Waals surface area contributed by atoms with Crippen LogP contribution in [0.15, 0.2) is 0 Å². The first-order valence-electron chi connectivity index (χ1n) is 5.35. The van der Waals surface area contributed by atoms with E-state index in [1.54, 1.807) is 6.92 Å². The Bertz CT molecular complexity index is 333. The van der Waals surface area contributed by atoms with Crippen molar-refractivity contribution in [2.45, 2.75) is 44.5 Å². The first kappa shape index (κ1) is 12.1. The van der Waals surface area contributed by atoms with E-state index in [0.29, 0.717) is 0 Å². The minimum absolute atomic E-state index is 0.323. The molecule has 0 saturated carbocycles. The summed E-state index contributed by atoms with van der Waals surface area (Å²) in [5, 5.41) is 2.61. The van der Waals surface area contributed by atoms with Gasteiger partial charge in [-0.3, -0.25) is 4.79 Å². The molecule has 7 heteroatoms. The molecule has 0 spiro atoms. The highest BCUT2D eigenvalue weighted by atomic mass is 16.7. The van der Waals surface area contributed by atoms with E-state index in [9.17, 15) is 9.59 Å². The number of carbonyl (C=O) groups excluding carboxylic acids is 2. The highest BCUT2D eigenvalue weighted by Gasteiger charge is 2.52. The Morgan fingerprint density at radius 1 is 1.47 bits per heavy atom. The van der Waals surface area contributed by atoms with E-state index in [4.69, 9.17) is 18.9 Å². The SMILES string of the molecule is CO[C@@H]1O[C@@H](C)[C@@H]2OC(=O)N[C@@H]2[C@@H]1OC(C)=O. The molecule has 2 fully saturated rings. The molecular weight excluding hydrogens is 230 g/mol. The molecule has 0 radical (unpaired) electrons. The lowest BCUT2D eigenvalue weighted by molar-refractivity contribution is -0.257. The third-order valence-electron chi connectivity index (χ3n) is 2.85. The molecule has 7 nitrogen and oxygen atoms in total. The maximum atomic E-state index is 11.2. The van der Waals surface area contributed by atoms with Gasteiger partial charge in [-0.15, -0.1) is 0 Å². The topological polar surface area (TPSA) is 83.1 Å². The van der Waals surface area contributed by atoms with Crippen LogP contribution in [0.4, 0.5) is 4.79 Å². The third-order valence-corrected chi connectivity index (χ3v) is 2.85. The van der Waals surface area contributed by atoms with Crippen molar-refractivity contribution in [3.05, 3.63) is 0 Å². The van der Waals surface area contributed by atoms with E-state index in [2.05, 4.69) is 5.32 Å². The van der Waals surface area contributed by atoms with Crippen molar-refractivity contribution in [3.8, 4) is 0 Å². The lowest BCUT2D eigenvalue weighted by atomic mass is 9.97. The van der Waals surface area contributed by atoms with Gasteiger partial charge in [0.05, 0.1) is 6.10 Å². The van der Waals surface area contributed by atoms with Crippen LogP contribution in [0.5, 0.6) is 0 Å². The van der Waals surface area contributed by atoms with Crippen LogP contribution in [-0.2, 0) is 23.7 Å². The number of ether oxygens (including phenoxy) is 4. The molecule has 0 aliphatic carbocycles. The summed E-state index contributed by atoms with van der Waals surface area (Å²) in [5.41, 5.74) is 0. The molecule has 96 valence electrons. The number of hydrogen-bond acceptors (Lipinski definition) is 6. The summed E-state index contributed by atoms with van der Waals surface area (Å²) < 4.78 is 20.8. The van der Waals surface area contributed by atoms with Gasteiger partial charge in [-0.2, -0.15) is 0 Å². The Kier molecular flexibility index (Phi) is 3.21. The van der Waals surface area contributed by atoms with Crippen LogP contribution < -0.4 is 5.32 Å². The maximum absolute atomic E-state index is 11.2. The Balaban J connectivity index is 2.19. The minimum atomic E-state index is -0.711. The van der Waals surface area contributed by atoms with Crippen LogP contribution >= 0.6 is 0 Å². The van der Waals surface area contributed by atoms with Gasteiger partial charge in [-0.25, -0.2) is 4.79 Å². The number of amides is 1. The fourth-order valence-electron chi connectivity index (χ4n) is 2.15. The minimum Gasteiger partial charge on any atom is -0.455 e. The number of esters is 1. The normalized spacial score (nSPS) is 40.2. The van der Waals surface area contributed by atoms with E-state index in [-0.39, 0.29) is 6.10 Å². The smallest absolute Gasteiger partial charge is 0.408 e. The van der Waals surface area contributed by atoms with Gasteiger partial charge in [-0.05, 0) is 6.92 Å². The number of hydrogen-bond donors (Lipinski definition) is 1. The predicted molar refractivity (Wildman–Crippen MR) is 54.1 cm³/mol. The summed E-state index contributed by atoms with van der Waals surface area (Å²) in [4.78, 5) is 22.2. The van der Waals surface area contributed by atoms with Gasteiger partial charge < -0.3 is 24.3 Å². The molecule has 0 unspecified atom stereocenters. The van der Waals surface area contributed by atoms with E-state index in [1.807, 2.05) is 0 Å².